The van der Waals surface area contributed by atoms with Gasteiger partial charge in [-0.3, -0.25) is 4.79 Å². The number of nitrogens with one attached hydrogen (secondary N) is 2. The van der Waals surface area contributed by atoms with Gasteiger partial charge in [-0.1, -0.05) is 11.8 Å². The van der Waals surface area contributed by atoms with Crippen LogP contribution in [0.2, 0.25) is 0 Å². The molecule has 0 aliphatic rings. The highest BCUT2D eigenvalue weighted by molar-refractivity contribution is 7.99. The van der Waals surface area contributed by atoms with E-state index in [1.54, 1.807) is 6.20 Å². The highest BCUT2D eigenvalue weighted by Gasteiger charge is 2.07. The molecule has 21 heavy (non-hydrogen) atoms. The van der Waals surface area contributed by atoms with Gasteiger partial charge in [-0.2, -0.15) is 0 Å². The third kappa shape index (κ3) is 3.38. The van der Waals surface area contributed by atoms with Crippen molar-refractivity contribution in [3.8, 4) is 0 Å². The van der Waals surface area contributed by atoms with Crippen molar-refractivity contribution in [2.24, 2.45) is 0 Å². The molecule has 0 atom stereocenters. The van der Waals surface area contributed by atoms with Crippen LogP contribution in [0.3, 0.4) is 0 Å². The molecule has 1 aromatic carbocycles. The summed E-state index contributed by atoms with van der Waals surface area (Å²) in [5, 5.41) is 3.33. The molecule has 5 nitrogen and oxygen atoms in total. The number of rotatable bonds is 4. The van der Waals surface area contributed by atoms with Crippen molar-refractivity contribution in [1.29, 1.82) is 0 Å². The average Bonchev–Trinajstić information content (AvgIpc) is 2.90. The van der Waals surface area contributed by atoms with Crippen molar-refractivity contribution in [3.63, 3.8) is 0 Å². The Balaban J connectivity index is 1.59. The van der Waals surface area contributed by atoms with Crippen molar-refractivity contribution in [1.82, 2.24) is 15.0 Å². The first-order valence-corrected chi connectivity index (χ1v) is 7.18. The quantitative estimate of drug-likeness (QED) is 0.727. The number of halogens is 1. The van der Waals surface area contributed by atoms with Crippen molar-refractivity contribution in [2.45, 2.75) is 5.16 Å². The molecule has 0 unspecified atom stereocenters. The first kappa shape index (κ1) is 13.6. The molecule has 0 radical (unpaired) electrons. The second-order valence-corrected chi connectivity index (χ2v) is 5.22. The van der Waals surface area contributed by atoms with Gasteiger partial charge in [0, 0.05) is 11.9 Å². The van der Waals surface area contributed by atoms with Crippen LogP contribution in [0.5, 0.6) is 0 Å². The SMILES string of the molecule is O=C(CSc1nc2ncccc2[nH]1)Nc1ccc(F)cc1. The molecule has 0 spiro atoms. The van der Waals surface area contributed by atoms with Crippen molar-refractivity contribution in [3.05, 3.63) is 48.4 Å². The third-order valence-corrected chi connectivity index (χ3v) is 3.58. The number of benzene rings is 1. The first-order chi connectivity index (χ1) is 10.2. The molecule has 0 bridgehead atoms. The van der Waals surface area contributed by atoms with Gasteiger partial charge in [-0.05, 0) is 36.4 Å². The lowest BCUT2D eigenvalue weighted by atomic mass is 10.3. The number of aromatic nitrogens is 3. The van der Waals surface area contributed by atoms with Crippen molar-refractivity contribution < 1.29 is 9.18 Å². The summed E-state index contributed by atoms with van der Waals surface area (Å²) in [7, 11) is 0. The third-order valence-electron chi connectivity index (χ3n) is 2.70. The van der Waals surface area contributed by atoms with Crippen LogP contribution in [0.1, 0.15) is 0 Å². The van der Waals surface area contributed by atoms with Crippen molar-refractivity contribution in [2.75, 3.05) is 11.1 Å². The molecule has 106 valence electrons. The Morgan fingerprint density at radius 1 is 1.29 bits per heavy atom. The van der Waals surface area contributed by atoms with Gasteiger partial charge in [0.2, 0.25) is 5.91 Å². The average molecular weight is 302 g/mol. The Kier molecular flexibility index (Phi) is 3.83. The van der Waals surface area contributed by atoms with Crippen LogP contribution < -0.4 is 5.32 Å². The number of aromatic amines is 1. The number of anilines is 1. The van der Waals surface area contributed by atoms with E-state index in [2.05, 4.69) is 20.3 Å². The number of carbonyl (C=O) groups is 1. The molecule has 1 amide bonds. The van der Waals surface area contributed by atoms with Gasteiger partial charge in [0.05, 0.1) is 11.3 Å². The van der Waals surface area contributed by atoms with Crippen LogP contribution in [-0.4, -0.2) is 26.6 Å². The Morgan fingerprint density at radius 2 is 2.10 bits per heavy atom. The number of imidazole rings is 1. The van der Waals surface area contributed by atoms with Gasteiger partial charge >= 0.3 is 0 Å². The summed E-state index contributed by atoms with van der Waals surface area (Å²) in [5.74, 6) is -0.311. The lowest BCUT2D eigenvalue weighted by Gasteiger charge is -2.03. The zero-order chi connectivity index (χ0) is 14.7. The molecule has 0 saturated carbocycles. The summed E-state index contributed by atoms with van der Waals surface area (Å²) in [6, 6.07) is 9.32. The zero-order valence-corrected chi connectivity index (χ0v) is 11.7. The normalized spacial score (nSPS) is 10.7. The molecule has 0 aliphatic carbocycles. The summed E-state index contributed by atoms with van der Waals surface area (Å²) >= 11 is 1.28. The smallest absolute Gasteiger partial charge is 0.234 e. The number of pyridine rings is 1. The topological polar surface area (TPSA) is 70.7 Å². The minimum Gasteiger partial charge on any atom is -0.332 e. The summed E-state index contributed by atoms with van der Waals surface area (Å²) < 4.78 is 12.8. The van der Waals surface area contributed by atoms with E-state index in [0.29, 0.717) is 16.5 Å². The molecule has 2 heterocycles. The van der Waals surface area contributed by atoms with E-state index in [9.17, 15) is 9.18 Å². The number of amides is 1. The lowest BCUT2D eigenvalue weighted by molar-refractivity contribution is -0.113. The second-order valence-electron chi connectivity index (χ2n) is 4.26. The van der Waals surface area contributed by atoms with Crippen LogP contribution in [0.4, 0.5) is 10.1 Å². The fourth-order valence-electron chi connectivity index (χ4n) is 1.76. The fraction of sp³-hybridized carbons (Fsp3) is 0.0714. The number of hydrogen-bond donors (Lipinski definition) is 2. The summed E-state index contributed by atoms with van der Waals surface area (Å²) in [4.78, 5) is 23.3. The lowest BCUT2D eigenvalue weighted by Crippen LogP contribution is -2.14. The minimum absolute atomic E-state index is 0.181. The monoisotopic (exact) mass is 302 g/mol. The molecule has 3 aromatic rings. The molecular weight excluding hydrogens is 291 g/mol. The molecule has 2 aromatic heterocycles. The van der Waals surface area contributed by atoms with E-state index in [0.717, 1.165) is 5.52 Å². The number of H-pyrrole nitrogens is 1. The van der Waals surface area contributed by atoms with Crippen LogP contribution in [-0.2, 0) is 4.79 Å². The number of hydrogen-bond acceptors (Lipinski definition) is 4. The van der Waals surface area contributed by atoms with Crippen LogP contribution in [0, 0.1) is 5.82 Å². The maximum absolute atomic E-state index is 12.8. The Hall–Kier alpha value is -2.41. The Bertz CT molecular complexity index is 739. The number of carbonyl (C=O) groups excluding carboxylic acids is 1. The van der Waals surface area contributed by atoms with Gasteiger partial charge in [0.15, 0.2) is 10.8 Å². The van der Waals surface area contributed by atoms with Gasteiger partial charge in [0.25, 0.3) is 0 Å². The Labute approximate surface area is 124 Å². The molecule has 7 heteroatoms. The fourth-order valence-corrected chi connectivity index (χ4v) is 2.43. The second kappa shape index (κ2) is 5.92. The van der Waals surface area contributed by atoms with Gasteiger partial charge in [-0.25, -0.2) is 14.4 Å². The predicted molar refractivity (Wildman–Crippen MR) is 79.6 cm³/mol. The van der Waals surface area contributed by atoms with Gasteiger partial charge in [0.1, 0.15) is 5.82 Å². The molecule has 0 saturated heterocycles. The summed E-state index contributed by atoms with van der Waals surface area (Å²) in [5.41, 5.74) is 2.02. The minimum atomic E-state index is -0.336. The van der Waals surface area contributed by atoms with Crippen LogP contribution in [0.15, 0.2) is 47.8 Å². The van der Waals surface area contributed by atoms with Crippen LogP contribution in [0.25, 0.3) is 11.2 Å². The van der Waals surface area contributed by atoms with E-state index in [1.165, 1.54) is 36.0 Å². The van der Waals surface area contributed by atoms with E-state index in [4.69, 9.17) is 0 Å². The molecule has 2 N–H and O–H groups in total. The zero-order valence-electron chi connectivity index (χ0n) is 10.8. The maximum Gasteiger partial charge on any atom is 0.234 e. The highest BCUT2D eigenvalue weighted by Crippen LogP contribution is 2.18. The summed E-state index contributed by atoms with van der Waals surface area (Å²) in [6.45, 7) is 0. The van der Waals surface area contributed by atoms with Crippen molar-refractivity contribution >= 4 is 34.5 Å². The van der Waals surface area contributed by atoms with Crippen LogP contribution >= 0.6 is 11.8 Å². The molecule has 0 aliphatic heterocycles. The number of fused-ring (bicyclic) bond motifs is 1. The largest absolute Gasteiger partial charge is 0.332 e. The van der Waals surface area contributed by atoms with E-state index in [-0.39, 0.29) is 17.5 Å². The number of thioether (sulfide) groups is 1. The van der Waals surface area contributed by atoms with Gasteiger partial charge in [-0.15, -0.1) is 0 Å². The molecule has 3 rings (SSSR count). The first-order valence-electron chi connectivity index (χ1n) is 6.20. The molecule has 0 fully saturated rings. The molecular formula is C14H11FN4OS. The van der Waals surface area contributed by atoms with Gasteiger partial charge < -0.3 is 10.3 Å². The van der Waals surface area contributed by atoms with E-state index < -0.39 is 0 Å². The number of nitrogens with zero attached hydrogens (tertiary/aromatic N) is 2. The maximum atomic E-state index is 12.8. The predicted octanol–water partition coefficient (Wildman–Crippen LogP) is 2.83. The van der Waals surface area contributed by atoms with E-state index >= 15 is 0 Å². The van der Waals surface area contributed by atoms with E-state index in [1.807, 2.05) is 12.1 Å². The Morgan fingerprint density at radius 3 is 2.86 bits per heavy atom. The standard InChI is InChI=1S/C14H11FN4OS/c15-9-3-5-10(6-4-9)17-12(20)8-21-14-18-11-2-1-7-16-13(11)19-14/h1-7H,8H2,(H,17,20)(H,16,18,19). The summed E-state index contributed by atoms with van der Waals surface area (Å²) in [6.07, 6.45) is 1.67. The highest BCUT2D eigenvalue weighted by atomic mass is 32.2.